The molecule has 47 valence electrons. The van der Waals surface area contributed by atoms with Crippen LogP contribution in [0.2, 0.25) is 0 Å². The standard InChI is InChI=1S/C8H8Cl/c1-7-3-2-4-8(5-7)6-9/h2-5H,1,6H2. The van der Waals surface area contributed by atoms with Crippen molar-refractivity contribution in [2.45, 2.75) is 5.88 Å². The predicted octanol–water partition coefficient (Wildman–Crippen LogP) is 2.61. The average Bonchev–Trinajstić information content (AvgIpc) is 1.88. The topological polar surface area (TPSA) is 0 Å². The monoisotopic (exact) mass is 139 g/mol. The van der Waals surface area contributed by atoms with Crippen molar-refractivity contribution >= 4 is 11.6 Å². The van der Waals surface area contributed by atoms with Crippen LogP contribution in [0.3, 0.4) is 0 Å². The van der Waals surface area contributed by atoms with E-state index in [9.17, 15) is 0 Å². The summed E-state index contributed by atoms with van der Waals surface area (Å²) < 4.78 is 0. The van der Waals surface area contributed by atoms with Gasteiger partial charge in [-0.1, -0.05) is 24.3 Å². The summed E-state index contributed by atoms with van der Waals surface area (Å²) in [6, 6.07) is 7.88. The zero-order chi connectivity index (χ0) is 6.69. The summed E-state index contributed by atoms with van der Waals surface area (Å²) in [6.45, 7) is 3.77. The van der Waals surface area contributed by atoms with Gasteiger partial charge < -0.3 is 0 Å². The molecule has 1 rings (SSSR count). The van der Waals surface area contributed by atoms with E-state index in [1.54, 1.807) is 0 Å². The Balaban J connectivity index is 2.94. The average molecular weight is 140 g/mol. The highest BCUT2D eigenvalue weighted by Gasteiger charge is 1.87. The second-order valence-electron chi connectivity index (χ2n) is 1.95. The fourth-order valence-electron chi connectivity index (χ4n) is 0.713. The molecule has 0 aliphatic rings. The number of rotatable bonds is 1. The molecule has 1 heteroatoms. The number of benzene rings is 1. The number of hydrogen-bond acceptors (Lipinski definition) is 0. The molecular weight excluding hydrogens is 132 g/mol. The molecule has 0 spiro atoms. The normalized spacial score (nSPS) is 9.56. The molecule has 0 fully saturated rings. The first-order chi connectivity index (χ1) is 4.33. The third-order valence-corrected chi connectivity index (χ3v) is 1.45. The summed E-state index contributed by atoms with van der Waals surface area (Å²) >= 11 is 5.57. The van der Waals surface area contributed by atoms with Crippen LogP contribution in [0.4, 0.5) is 0 Å². The van der Waals surface area contributed by atoms with E-state index in [-0.39, 0.29) is 0 Å². The molecule has 1 aromatic rings. The minimum Gasteiger partial charge on any atom is -0.122 e. The Morgan fingerprint density at radius 3 is 2.67 bits per heavy atom. The van der Waals surface area contributed by atoms with Gasteiger partial charge in [0.05, 0.1) is 0 Å². The Kier molecular flexibility index (Phi) is 2.12. The molecular formula is C8H8Cl. The molecule has 0 heterocycles. The Bertz CT molecular complexity index is 194. The van der Waals surface area contributed by atoms with E-state index in [0.717, 1.165) is 11.1 Å². The first-order valence-corrected chi connectivity index (χ1v) is 3.33. The molecule has 0 aromatic heterocycles. The van der Waals surface area contributed by atoms with Crippen molar-refractivity contribution in [2.75, 3.05) is 0 Å². The van der Waals surface area contributed by atoms with Gasteiger partial charge in [-0.3, -0.25) is 0 Å². The summed E-state index contributed by atoms with van der Waals surface area (Å²) in [7, 11) is 0. The van der Waals surface area contributed by atoms with Crippen LogP contribution >= 0.6 is 11.6 Å². The molecule has 1 radical (unpaired) electrons. The third kappa shape index (κ3) is 1.72. The highest BCUT2D eigenvalue weighted by Crippen LogP contribution is 2.05. The summed E-state index contributed by atoms with van der Waals surface area (Å²) in [6.07, 6.45) is 0. The van der Waals surface area contributed by atoms with Crippen molar-refractivity contribution in [3.63, 3.8) is 0 Å². The van der Waals surface area contributed by atoms with E-state index in [4.69, 9.17) is 11.6 Å². The van der Waals surface area contributed by atoms with Crippen molar-refractivity contribution in [2.24, 2.45) is 0 Å². The molecule has 0 bridgehead atoms. The van der Waals surface area contributed by atoms with Gasteiger partial charge in [0, 0.05) is 5.88 Å². The van der Waals surface area contributed by atoms with Gasteiger partial charge in [0.2, 0.25) is 0 Å². The summed E-state index contributed by atoms with van der Waals surface area (Å²) in [5, 5.41) is 0. The van der Waals surface area contributed by atoms with Crippen molar-refractivity contribution < 1.29 is 0 Å². The van der Waals surface area contributed by atoms with Crippen molar-refractivity contribution in [1.29, 1.82) is 0 Å². The second kappa shape index (κ2) is 2.88. The first kappa shape index (κ1) is 6.63. The van der Waals surface area contributed by atoms with Crippen molar-refractivity contribution in [3.8, 4) is 0 Å². The molecule has 0 N–H and O–H groups in total. The fraction of sp³-hybridized carbons (Fsp3) is 0.125. The molecule has 0 saturated heterocycles. The van der Waals surface area contributed by atoms with Gasteiger partial charge >= 0.3 is 0 Å². The third-order valence-electron chi connectivity index (χ3n) is 1.15. The fourth-order valence-corrected chi connectivity index (χ4v) is 0.879. The van der Waals surface area contributed by atoms with E-state index in [1.807, 2.05) is 24.3 Å². The van der Waals surface area contributed by atoms with Crippen LogP contribution in [0.1, 0.15) is 11.1 Å². The zero-order valence-electron chi connectivity index (χ0n) is 5.10. The van der Waals surface area contributed by atoms with E-state index < -0.39 is 0 Å². The molecule has 1 aromatic carbocycles. The summed E-state index contributed by atoms with van der Waals surface area (Å²) in [5.74, 6) is 0.573. The molecule has 0 aliphatic carbocycles. The maximum Gasteiger partial charge on any atom is 0.0474 e. The van der Waals surface area contributed by atoms with Crippen LogP contribution in [0, 0.1) is 6.92 Å². The summed E-state index contributed by atoms with van der Waals surface area (Å²) in [5.41, 5.74) is 2.15. The van der Waals surface area contributed by atoms with Crippen molar-refractivity contribution in [1.82, 2.24) is 0 Å². The van der Waals surface area contributed by atoms with Gasteiger partial charge in [0.1, 0.15) is 0 Å². The minimum atomic E-state index is 0.573. The van der Waals surface area contributed by atoms with Gasteiger partial charge in [-0.05, 0) is 18.1 Å². The lowest BCUT2D eigenvalue weighted by Gasteiger charge is -1.94. The molecule has 0 aliphatic heterocycles. The summed E-state index contributed by atoms with van der Waals surface area (Å²) in [4.78, 5) is 0. The largest absolute Gasteiger partial charge is 0.122 e. The highest BCUT2D eigenvalue weighted by atomic mass is 35.5. The molecule has 0 saturated carbocycles. The Morgan fingerprint density at radius 1 is 1.44 bits per heavy atom. The smallest absolute Gasteiger partial charge is 0.0474 e. The molecule has 9 heavy (non-hydrogen) atoms. The predicted molar refractivity (Wildman–Crippen MR) is 40.5 cm³/mol. The van der Waals surface area contributed by atoms with E-state index >= 15 is 0 Å². The Labute approximate surface area is 60.5 Å². The lowest BCUT2D eigenvalue weighted by atomic mass is 10.2. The maximum absolute atomic E-state index is 5.57. The number of alkyl halides is 1. The van der Waals surface area contributed by atoms with Crippen molar-refractivity contribution in [3.05, 3.63) is 42.3 Å². The van der Waals surface area contributed by atoms with Crippen LogP contribution in [-0.4, -0.2) is 0 Å². The van der Waals surface area contributed by atoms with Gasteiger partial charge in [-0.15, -0.1) is 11.6 Å². The highest BCUT2D eigenvalue weighted by molar-refractivity contribution is 6.17. The van der Waals surface area contributed by atoms with Crippen LogP contribution in [0.15, 0.2) is 24.3 Å². The number of halogens is 1. The van der Waals surface area contributed by atoms with E-state index in [1.165, 1.54) is 0 Å². The van der Waals surface area contributed by atoms with Crippen LogP contribution in [0.5, 0.6) is 0 Å². The number of hydrogen-bond donors (Lipinski definition) is 0. The quantitative estimate of drug-likeness (QED) is 0.525. The lowest BCUT2D eigenvalue weighted by molar-refractivity contribution is 1.38. The van der Waals surface area contributed by atoms with Crippen LogP contribution < -0.4 is 0 Å². The molecule has 0 unspecified atom stereocenters. The van der Waals surface area contributed by atoms with Gasteiger partial charge in [0.15, 0.2) is 0 Å². The zero-order valence-corrected chi connectivity index (χ0v) is 5.86. The maximum atomic E-state index is 5.57. The first-order valence-electron chi connectivity index (χ1n) is 2.80. The molecule has 0 atom stereocenters. The van der Waals surface area contributed by atoms with Gasteiger partial charge in [0.25, 0.3) is 0 Å². The van der Waals surface area contributed by atoms with Crippen LogP contribution in [-0.2, 0) is 5.88 Å². The minimum absolute atomic E-state index is 0.573. The van der Waals surface area contributed by atoms with Gasteiger partial charge in [-0.25, -0.2) is 0 Å². The van der Waals surface area contributed by atoms with Gasteiger partial charge in [-0.2, -0.15) is 0 Å². The lowest BCUT2D eigenvalue weighted by Crippen LogP contribution is -1.76. The van der Waals surface area contributed by atoms with E-state index in [2.05, 4.69) is 6.92 Å². The SMILES string of the molecule is [CH2]c1cccc(CCl)c1. The van der Waals surface area contributed by atoms with E-state index in [0.29, 0.717) is 5.88 Å². The Morgan fingerprint density at radius 2 is 2.22 bits per heavy atom. The van der Waals surface area contributed by atoms with Crippen LogP contribution in [0.25, 0.3) is 0 Å². The molecule has 0 nitrogen and oxygen atoms in total. The second-order valence-corrected chi connectivity index (χ2v) is 2.22. The molecule has 0 amide bonds. The Hall–Kier alpha value is -0.490.